The average Bonchev–Trinajstić information content (AvgIpc) is 2.55. The van der Waals surface area contributed by atoms with E-state index in [-0.39, 0.29) is 4.90 Å². The molecule has 0 unspecified atom stereocenters. The molecule has 3 aromatic rings. The average molecular weight is 345 g/mol. The summed E-state index contributed by atoms with van der Waals surface area (Å²) < 4.78 is 24.2. The molecule has 0 saturated heterocycles. The maximum Gasteiger partial charge on any atom is 0.176 e. The van der Waals surface area contributed by atoms with E-state index in [1.807, 2.05) is 6.07 Å². The van der Waals surface area contributed by atoms with Crippen LogP contribution in [0.25, 0.3) is 22.4 Å². The summed E-state index contributed by atoms with van der Waals surface area (Å²) in [6.45, 7) is 0. The van der Waals surface area contributed by atoms with E-state index >= 15 is 0 Å². The second-order valence-corrected chi connectivity index (χ2v) is 7.48. The van der Waals surface area contributed by atoms with Crippen LogP contribution in [0.4, 0.5) is 0 Å². The van der Waals surface area contributed by atoms with Crippen LogP contribution in [0, 0.1) is 0 Å². The molecular formula is C17H13ClN2O2S. The highest BCUT2D eigenvalue weighted by atomic mass is 35.5. The highest BCUT2D eigenvalue weighted by Crippen LogP contribution is 2.35. The Morgan fingerprint density at radius 3 is 2.48 bits per heavy atom. The van der Waals surface area contributed by atoms with Gasteiger partial charge in [0.15, 0.2) is 9.84 Å². The normalized spacial score (nSPS) is 11.4. The Kier molecular flexibility index (Phi) is 4.15. The fourth-order valence-corrected chi connectivity index (χ4v) is 3.45. The van der Waals surface area contributed by atoms with Crippen LogP contribution < -0.4 is 0 Å². The van der Waals surface area contributed by atoms with Gasteiger partial charge in [-0.3, -0.25) is 9.97 Å². The lowest BCUT2D eigenvalue weighted by molar-refractivity contribution is 0.602. The van der Waals surface area contributed by atoms with Crippen LogP contribution in [0.3, 0.4) is 0 Å². The number of nitrogens with zero attached hydrogens (tertiary/aromatic N) is 2. The van der Waals surface area contributed by atoms with Crippen molar-refractivity contribution in [2.24, 2.45) is 0 Å². The van der Waals surface area contributed by atoms with Crippen molar-refractivity contribution < 1.29 is 8.42 Å². The quantitative estimate of drug-likeness (QED) is 0.723. The van der Waals surface area contributed by atoms with E-state index in [4.69, 9.17) is 11.6 Å². The van der Waals surface area contributed by atoms with Gasteiger partial charge in [-0.15, -0.1) is 0 Å². The van der Waals surface area contributed by atoms with Crippen LogP contribution in [0.2, 0.25) is 5.02 Å². The number of hydrogen-bond acceptors (Lipinski definition) is 4. The molecule has 1 aromatic carbocycles. The van der Waals surface area contributed by atoms with Crippen molar-refractivity contribution in [3.8, 4) is 22.4 Å². The largest absolute Gasteiger partial charge is 0.264 e. The second-order valence-electron chi connectivity index (χ2n) is 5.06. The zero-order valence-electron chi connectivity index (χ0n) is 12.3. The first kappa shape index (κ1) is 15.6. The third-order valence-corrected chi connectivity index (χ3v) is 4.73. The van der Waals surface area contributed by atoms with E-state index in [9.17, 15) is 8.42 Å². The first-order valence-electron chi connectivity index (χ1n) is 6.82. The van der Waals surface area contributed by atoms with Gasteiger partial charge in [-0.2, -0.15) is 0 Å². The summed E-state index contributed by atoms with van der Waals surface area (Å²) in [5.74, 6) is 0. The highest BCUT2D eigenvalue weighted by Gasteiger charge is 2.18. The number of rotatable bonds is 3. The van der Waals surface area contributed by atoms with Gasteiger partial charge < -0.3 is 0 Å². The predicted molar refractivity (Wildman–Crippen MR) is 91.0 cm³/mol. The van der Waals surface area contributed by atoms with Gasteiger partial charge in [-0.05, 0) is 24.3 Å². The van der Waals surface area contributed by atoms with E-state index in [1.54, 1.807) is 48.8 Å². The lowest BCUT2D eigenvalue weighted by Gasteiger charge is -2.12. The summed E-state index contributed by atoms with van der Waals surface area (Å²) in [4.78, 5) is 8.72. The zero-order valence-corrected chi connectivity index (χ0v) is 13.8. The number of benzene rings is 1. The Labute approximate surface area is 139 Å². The molecule has 0 atom stereocenters. The van der Waals surface area contributed by atoms with Crippen LogP contribution in [0.1, 0.15) is 0 Å². The Morgan fingerprint density at radius 1 is 1.00 bits per heavy atom. The molecule has 3 rings (SSSR count). The first-order valence-corrected chi connectivity index (χ1v) is 9.09. The third kappa shape index (κ3) is 3.25. The minimum atomic E-state index is -3.38. The van der Waals surface area contributed by atoms with Crippen molar-refractivity contribution in [3.05, 3.63) is 66.1 Å². The summed E-state index contributed by atoms with van der Waals surface area (Å²) in [5.41, 5.74) is 2.66. The van der Waals surface area contributed by atoms with Gasteiger partial charge in [0.25, 0.3) is 0 Å². The van der Waals surface area contributed by atoms with Gasteiger partial charge in [0.2, 0.25) is 0 Å². The zero-order chi connectivity index (χ0) is 16.4. The van der Waals surface area contributed by atoms with E-state index < -0.39 is 9.84 Å². The summed E-state index contributed by atoms with van der Waals surface area (Å²) in [6.07, 6.45) is 6.08. The van der Waals surface area contributed by atoms with Crippen LogP contribution in [-0.2, 0) is 9.84 Å². The van der Waals surface area contributed by atoms with Gasteiger partial charge in [-0.25, -0.2) is 8.42 Å². The van der Waals surface area contributed by atoms with Crippen molar-refractivity contribution in [2.45, 2.75) is 4.90 Å². The molecule has 0 radical (unpaired) electrons. The summed E-state index contributed by atoms with van der Waals surface area (Å²) in [6, 6.07) is 12.2. The maximum absolute atomic E-state index is 12.1. The van der Waals surface area contributed by atoms with E-state index in [0.717, 1.165) is 5.56 Å². The third-order valence-electron chi connectivity index (χ3n) is 3.37. The molecule has 0 N–H and O–H groups in total. The van der Waals surface area contributed by atoms with Crippen molar-refractivity contribution in [1.82, 2.24) is 9.97 Å². The van der Waals surface area contributed by atoms with Gasteiger partial charge in [0, 0.05) is 41.5 Å². The molecule has 0 aliphatic carbocycles. The molecule has 0 bridgehead atoms. The molecule has 0 fully saturated rings. The summed E-state index contributed by atoms with van der Waals surface area (Å²) >= 11 is 6.09. The molecule has 4 nitrogen and oxygen atoms in total. The molecule has 116 valence electrons. The Balaban J connectivity index is 2.32. The molecule has 6 heteroatoms. The summed E-state index contributed by atoms with van der Waals surface area (Å²) in [5, 5.41) is 0.441. The van der Waals surface area contributed by atoms with Crippen LogP contribution in [0.15, 0.2) is 66.0 Å². The minimum absolute atomic E-state index is 0.245. The minimum Gasteiger partial charge on any atom is -0.264 e. The van der Waals surface area contributed by atoms with Crippen molar-refractivity contribution in [2.75, 3.05) is 6.26 Å². The van der Waals surface area contributed by atoms with Gasteiger partial charge in [0.1, 0.15) is 0 Å². The molecule has 2 aromatic heterocycles. The monoisotopic (exact) mass is 344 g/mol. The van der Waals surface area contributed by atoms with Crippen LogP contribution >= 0.6 is 11.6 Å². The van der Waals surface area contributed by atoms with E-state index in [0.29, 0.717) is 21.8 Å². The van der Waals surface area contributed by atoms with Crippen molar-refractivity contribution in [3.63, 3.8) is 0 Å². The first-order chi connectivity index (χ1) is 11.0. The molecule has 0 amide bonds. The summed E-state index contributed by atoms with van der Waals surface area (Å²) in [7, 11) is -3.38. The van der Waals surface area contributed by atoms with E-state index in [1.165, 1.54) is 12.5 Å². The number of aromatic nitrogens is 2. The fraction of sp³-hybridized carbons (Fsp3) is 0.0588. The van der Waals surface area contributed by atoms with Crippen LogP contribution in [0.5, 0.6) is 0 Å². The number of sulfone groups is 1. The molecule has 0 saturated carbocycles. The van der Waals surface area contributed by atoms with E-state index in [2.05, 4.69) is 9.97 Å². The Bertz CT molecular complexity index is 957. The van der Waals surface area contributed by atoms with Crippen molar-refractivity contribution >= 4 is 21.4 Å². The molecular weight excluding hydrogens is 332 g/mol. The van der Waals surface area contributed by atoms with Crippen LogP contribution in [-0.4, -0.2) is 24.6 Å². The molecule has 0 spiro atoms. The lowest BCUT2D eigenvalue weighted by atomic mass is 10.0. The topological polar surface area (TPSA) is 59.9 Å². The van der Waals surface area contributed by atoms with Gasteiger partial charge in [-0.1, -0.05) is 29.8 Å². The van der Waals surface area contributed by atoms with Gasteiger partial charge in [0.05, 0.1) is 15.6 Å². The molecule has 2 heterocycles. The fourth-order valence-electron chi connectivity index (χ4n) is 2.39. The Morgan fingerprint density at radius 2 is 1.78 bits per heavy atom. The smallest absolute Gasteiger partial charge is 0.176 e. The second kappa shape index (κ2) is 6.10. The number of hydrogen-bond donors (Lipinski definition) is 0. The molecule has 0 aliphatic rings. The van der Waals surface area contributed by atoms with Gasteiger partial charge >= 0.3 is 0 Å². The number of pyridine rings is 2. The SMILES string of the molecule is CS(=O)(=O)c1ccccc1-c1cc(Cl)cnc1-c1cccnc1. The van der Waals surface area contributed by atoms with Crippen molar-refractivity contribution in [1.29, 1.82) is 0 Å². The Hall–Kier alpha value is -2.24. The predicted octanol–water partition coefficient (Wildman–Crippen LogP) is 3.87. The highest BCUT2D eigenvalue weighted by molar-refractivity contribution is 7.90. The standard InChI is InChI=1S/C17H13ClN2O2S/c1-23(21,22)16-7-3-2-6-14(16)15-9-13(18)11-20-17(15)12-5-4-8-19-10-12/h2-11H,1H3. The number of halogens is 1. The lowest BCUT2D eigenvalue weighted by Crippen LogP contribution is -2.01. The maximum atomic E-state index is 12.1. The molecule has 23 heavy (non-hydrogen) atoms. The molecule has 0 aliphatic heterocycles.